The zero-order valence-corrected chi connectivity index (χ0v) is 12.0. The Bertz CT molecular complexity index is 382. The molecule has 2 aliphatic carbocycles. The van der Waals surface area contributed by atoms with Crippen molar-refractivity contribution in [1.82, 2.24) is 10.2 Å². The van der Waals surface area contributed by atoms with Gasteiger partial charge >= 0.3 is 0 Å². The monoisotopic (exact) mass is 258 g/mol. The fourth-order valence-corrected chi connectivity index (χ4v) is 2.92. The molecule has 19 heavy (non-hydrogen) atoms. The van der Waals surface area contributed by atoms with Crippen LogP contribution in [0.1, 0.15) is 50.6 Å². The lowest BCUT2D eigenvalue weighted by molar-refractivity contribution is 0.182. The van der Waals surface area contributed by atoms with Crippen molar-refractivity contribution in [2.75, 3.05) is 13.1 Å². The summed E-state index contributed by atoms with van der Waals surface area (Å²) in [5.74, 6) is 0. The number of nitrogens with one attached hydrogen (secondary N) is 1. The van der Waals surface area contributed by atoms with Crippen LogP contribution in [-0.4, -0.2) is 30.1 Å². The standard InChI is InChI=1S/C17H26N2/c1-2-12-19(16-10-11-16)17(13-18-15-8-9-15)14-6-4-3-5-7-14/h3-7,15-18H,2,8-13H2,1H3. The fourth-order valence-electron chi connectivity index (χ4n) is 2.92. The van der Waals surface area contributed by atoms with Gasteiger partial charge in [-0.1, -0.05) is 37.3 Å². The molecule has 1 unspecified atom stereocenters. The van der Waals surface area contributed by atoms with Gasteiger partial charge < -0.3 is 5.32 Å². The second kappa shape index (κ2) is 6.06. The van der Waals surface area contributed by atoms with Gasteiger partial charge in [-0.05, 0) is 44.2 Å². The molecule has 0 radical (unpaired) electrons. The number of hydrogen-bond donors (Lipinski definition) is 1. The fraction of sp³-hybridized carbons (Fsp3) is 0.647. The zero-order valence-electron chi connectivity index (χ0n) is 12.0. The predicted molar refractivity (Wildman–Crippen MR) is 80.2 cm³/mol. The Morgan fingerprint density at radius 3 is 2.47 bits per heavy atom. The summed E-state index contributed by atoms with van der Waals surface area (Å²) in [5, 5.41) is 3.74. The molecular formula is C17H26N2. The van der Waals surface area contributed by atoms with Crippen molar-refractivity contribution in [3.05, 3.63) is 35.9 Å². The van der Waals surface area contributed by atoms with E-state index in [-0.39, 0.29) is 0 Å². The van der Waals surface area contributed by atoms with Crippen molar-refractivity contribution in [3.63, 3.8) is 0 Å². The normalized spacial score (nSPS) is 20.7. The SMILES string of the molecule is CCCN(C1CC1)C(CNC1CC1)c1ccccc1. The summed E-state index contributed by atoms with van der Waals surface area (Å²) in [7, 11) is 0. The molecule has 0 aliphatic heterocycles. The number of benzene rings is 1. The Kier molecular flexibility index (Phi) is 4.19. The summed E-state index contributed by atoms with van der Waals surface area (Å²) in [4.78, 5) is 2.74. The van der Waals surface area contributed by atoms with Gasteiger partial charge in [-0.15, -0.1) is 0 Å². The van der Waals surface area contributed by atoms with Gasteiger partial charge in [0.2, 0.25) is 0 Å². The van der Waals surface area contributed by atoms with Crippen LogP contribution in [0.25, 0.3) is 0 Å². The molecule has 0 heterocycles. The molecule has 2 fully saturated rings. The van der Waals surface area contributed by atoms with E-state index in [1.54, 1.807) is 0 Å². The minimum atomic E-state index is 0.564. The van der Waals surface area contributed by atoms with E-state index in [1.807, 2.05) is 0 Å². The van der Waals surface area contributed by atoms with Crippen LogP contribution < -0.4 is 5.32 Å². The molecular weight excluding hydrogens is 232 g/mol. The highest BCUT2D eigenvalue weighted by molar-refractivity contribution is 5.20. The van der Waals surface area contributed by atoms with Crippen LogP contribution in [0.3, 0.4) is 0 Å². The van der Waals surface area contributed by atoms with E-state index >= 15 is 0 Å². The Balaban J connectivity index is 1.72. The molecule has 0 bridgehead atoms. The van der Waals surface area contributed by atoms with E-state index in [0.29, 0.717) is 6.04 Å². The first kappa shape index (κ1) is 13.1. The molecule has 2 aliphatic rings. The lowest BCUT2D eigenvalue weighted by atomic mass is 10.0. The second-order valence-electron chi connectivity index (χ2n) is 6.08. The largest absolute Gasteiger partial charge is 0.312 e. The van der Waals surface area contributed by atoms with Gasteiger partial charge in [0.05, 0.1) is 0 Å². The molecule has 2 heteroatoms. The van der Waals surface area contributed by atoms with E-state index in [2.05, 4.69) is 47.5 Å². The summed E-state index contributed by atoms with van der Waals surface area (Å²) in [6.45, 7) is 4.65. The number of rotatable bonds is 8. The van der Waals surface area contributed by atoms with Gasteiger partial charge in [-0.2, -0.15) is 0 Å². The first-order chi connectivity index (χ1) is 9.38. The Hall–Kier alpha value is -0.860. The van der Waals surface area contributed by atoms with Crippen LogP contribution in [0, 0.1) is 0 Å². The first-order valence-corrected chi connectivity index (χ1v) is 7.92. The molecule has 1 aromatic carbocycles. The van der Waals surface area contributed by atoms with Crippen LogP contribution >= 0.6 is 0 Å². The molecule has 2 saturated carbocycles. The second-order valence-corrected chi connectivity index (χ2v) is 6.08. The molecule has 0 spiro atoms. The van der Waals surface area contributed by atoms with E-state index < -0.39 is 0 Å². The maximum Gasteiger partial charge on any atom is 0.0475 e. The van der Waals surface area contributed by atoms with Crippen LogP contribution in [0.2, 0.25) is 0 Å². The Morgan fingerprint density at radius 1 is 1.16 bits per heavy atom. The third-order valence-corrected chi connectivity index (χ3v) is 4.26. The molecule has 2 nitrogen and oxygen atoms in total. The molecule has 1 N–H and O–H groups in total. The third-order valence-electron chi connectivity index (χ3n) is 4.26. The van der Waals surface area contributed by atoms with Crippen molar-refractivity contribution < 1.29 is 0 Å². The smallest absolute Gasteiger partial charge is 0.0475 e. The van der Waals surface area contributed by atoms with E-state index in [0.717, 1.165) is 18.6 Å². The zero-order chi connectivity index (χ0) is 13.1. The highest BCUT2D eigenvalue weighted by Gasteiger charge is 2.34. The summed E-state index contributed by atoms with van der Waals surface area (Å²) >= 11 is 0. The minimum Gasteiger partial charge on any atom is -0.312 e. The van der Waals surface area contributed by atoms with Gasteiger partial charge in [0.25, 0.3) is 0 Å². The molecule has 3 rings (SSSR count). The quantitative estimate of drug-likeness (QED) is 0.769. The summed E-state index contributed by atoms with van der Waals surface area (Å²) in [6.07, 6.45) is 6.79. The van der Waals surface area contributed by atoms with Crippen molar-refractivity contribution in [3.8, 4) is 0 Å². The Morgan fingerprint density at radius 2 is 1.89 bits per heavy atom. The molecule has 0 amide bonds. The predicted octanol–water partition coefficient (Wildman–Crippen LogP) is 3.35. The van der Waals surface area contributed by atoms with Crippen molar-refractivity contribution >= 4 is 0 Å². The molecule has 104 valence electrons. The molecule has 1 aromatic rings. The van der Waals surface area contributed by atoms with E-state index in [1.165, 1.54) is 44.2 Å². The summed E-state index contributed by atoms with van der Waals surface area (Å²) in [5.41, 5.74) is 1.48. The van der Waals surface area contributed by atoms with Gasteiger partial charge in [0, 0.05) is 24.7 Å². The van der Waals surface area contributed by atoms with Crippen LogP contribution in [0.4, 0.5) is 0 Å². The van der Waals surface area contributed by atoms with Gasteiger partial charge in [0.1, 0.15) is 0 Å². The summed E-state index contributed by atoms with van der Waals surface area (Å²) < 4.78 is 0. The van der Waals surface area contributed by atoms with Gasteiger partial charge in [-0.3, -0.25) is 4.90 Å². The molecule has 1 atom stereocenters. The van der Waals surface area contributed by atoms with Crippen molar-refractivity contribution in [2.24, 2.45) is 0 Å². The summed E-state index contributed by atoms with van der Waals surface area (Å²) in [6, 6.07) is 13.3. The minimum absolute atomic E-state index is 0.564. The maximum absolute atomic E-state index is 3.74. The third kappa shape index (κ3) is 3.58. The lowest BCUT2D eigenvalue weighted by Crippen LogP contribution is -2.38. The van der Waals surface area contributed by atoms with Crippen LogP contribution in [-0.2, 0) is 0 Å². The number of hydrogen-bond acceptors (Lipinski definition) is 2. The average molecular weight is 258 g/mol. The van der Waals surface area contributed by atoms with Gasteiger partial charge in [0.15, 0.2) is 0 Å². The highest BCUT2D eigenvalue weighted by atomic mass is 15.2. The molecule has 0 saturated heterocycles. The van der Waals surface area contributed by atoms with Crippen LogP contribution in [0.15, 0.2) is 30.3 Å². The van der Waals surface area contributed by atoms with Crippen LogP contribution in [0.5, 0.6) is 0 Å². The lowest BCUT2D eigenvalue weighted by Gasteiger charge is -2.32. The maximum atomic E-state index is 3.74. The van der Waals surface area contributed by atoms with Gasteiger partial charge in [-0.25, -0.2) is 0 Å². The molecule has 0 aromatic heterocycles. The van der Waals surface area contributed by atoms with Crippen molar-refractivity contribution in [2.45, 2.75) is 57.2 Å². The topological polar surface area (TPSA) is 15.3 Å². The first-order valence-electron chi connectivity index (χ1n) is 7.92. The van der Waals surface area contributed by atoms with Crippen molar-refractivity contribution in [1.29, 1.82) is 0 Å². The van der Waals surface area contributed by atoms with E-state index in [9.17, 15) is 0 Å². The van der Waals surface area contributed by atoms with E-state index in [4.69, 9.17) is 0 Å². The average Bonchev–Trinajstić information content (AvgIpc) is 3.31. The highest BCUT2D eigenvalue weighted by Crippen LogP contribution is 2.34. The Labute approximate surface area is 117 Å². The number of nitrogens with zero attached hydrogens (tertiary/aromatic N) is 1.